The van der Waals surface area contributed by atoms with Gasteiger partial charge in [0.1, 0.15) is 0 Å². The fourth-order valence-electron chi connectivity index (χ4n) is 0. The predicted molar refractivity (Wildman–Crippen MR) is 45.2 cm³/mol. The van der Waals surface area contributed by atoms with E-state index in [1.54, 1.807) is 6.92 Å². The molecule has 0 aromatic heterocycles. The minimum atomic E-state index is -0.495. The van der Waals surface area contributed by atoms with E-state index in [4.69, 9.17) is 5.11 Å². The highest BCUT2D eigenvalue weighted by molar-refractivity contribution is 5.71. The Kier molecular flexibility index (Phi) is 8.58. The van der Waals surface area contributed by atoms with Gasteiger partial charge in [-0.05, 0) is 12.8 Å². The maximum Gasteiger partial charge on any atom is 0.311 e. The number of urea groups is 1. The first kappa shape index (κ1) is 12.9. The van der Waals surface area contributed by atoms with Crippen molar-refractivity contribution in [1.29, 1.82) is 0 Å². The van der Waals surface area contributed by atoms with Crippen LogP contribution >= 0.6 is 0 Å². The molecule has 0 aromatic rings. The molecule has 1 atom stereocenters. The smallest absolute Gasteiger partial charge is 0.311 e. The van der Waals surface area contributed by atoms with Crippen LogP contribution in [-0.4, -0.2) is 24.3 Å². The third-order valence-corrected chi connectivity index (χ3v) is 1.21. The lowest BCUT2D eigenvalue weighted by Crippen LogP contribution is -2.24. The molecule has 0 aliphatic rings. The van der Waals surface area contributed by atoms with E-state index in [9.17, 15) is 4.79 Å². The Morgan fingerprint density at radius 2 is 1.64 bits per heavy atom. The first-order valence-corrected chi connectivity index (χ1v) is 3.57. The van der Waals surface area contributed by atoms with Crippen LogP contribution in [0.2, 0.25) is 0 Å². The standard InChI is InChI=1S/C5H12O.C2H6N2O/c1-4(2)5(3)6;1-4-2(3)5/h4-6H,1-3H3;1H3,(H3,3,4,5)/t5-;/m0./s1. The van der Waals surface area contributed by atoms with Gasteiger partial charge < -0.3 is 16.2 Å². The molecule has 0 bridgehead atoms. The van der Waals surface area contributed by atoms with Crippen LogP contribution in [-0.2, 0) is 0 Å². The van der Waals surface area contributed by atoms with E-state index in [1.807, 2.05) is 13.8 Å². The number of nitrogens with two attached hydrogens (primary N) is 1. The van der Waals surface area contributed by atoms with Crippen molar-refractivity contribution in [2.75, 3.05) is 7.05 Å². The topological polar surface area (TPSA) is 75.3 Å². The largest absolute Gasteiger partial charge is 0.393 e. The number of aliphatic hydroxyl groups is 1. The first-order valence-electron chi connectivity index (χ1n) is 3.57. The molecule has 0 fully saturated rings. The Balaban J connectivity index is 0. The lowest BCUT2D eigenvalue weighted by Gasteiger charge is -2.04. The maximum absolute atomic E-state index is 9.48. The molecule has 4 nitrogen and oxygen atoms in total. The van der Waals surface area contributed by atoms with E-state index < -0.39 is 6.03 Å². The van der Waals surface area contributed by atoms with Gasteiger partial charge in [0.15, 0.2) is 0 Å². The van der Waals surface area contributed by atoms with Gasteiger partial charge in [-0.3, -0.25) is 0 Å². The summed E-state index contributed by atoms with van der Waals surface area (Å²) in [5.41, 5.74) is 4.54. The molecule has 11 heavy (non-hydrogen) atoms. The quantitative estimate of drug-likeness (QED) is 0.519. The number of rotatable bonds is 1. The molecule has 4 N–H and O–H groups in total. The third kappa shape index (κ3) is 17.6. The van der Waals surface area contributed by atoms with Crippen LogP contribution in [0, 0.1) is 5.92 Å². The molecule has 0 aromatic carbocycles. The van der Waals surface area contributed by atoms with Crippen LogP contribution in [0.5, 0.6) is 0 Å². The number of hydrogen-bond acceptors (Lipinski definition) is 2. The Morgan fingerprint density at radius 1 is 1.45 bits per heavy atom. The van der Waals surface area contributed by atoms with Crippen LogP contribution in [0.25, 0.3) is 0 Å². The van der Waals surface area contributed by atoms with Gasteiger partial charge >= 0.3 is 6.03 Å². The summed E-state index contributed by atoms with van der Waals surface area (Å²) in [5, 5.41) is 10.8. The molecule has 0 spiro atoms. The summed E-state index contributed by atoms with van der Waals surface area (Å²) in [6, 6.07) is -0.495. The van der Waals surface area contributed by atoms with Crippen LogP contribution in [0.4, 0.5) is 4.79 Å². The van der Waals surface area contributed by atoms with E-state index in [0.717, 1.165) is 0 Å². The highest BCUT2D eigenvalue weighted by Crippen LogP contribution is 1.96. The number of carbonyl (C=O) groups is 1. The molecule has 0 saturated carbocycles. The zero-order valence-electron chi connectivity index (χ0n) is 7.59. The summed E-state index contributed by atoms with van der Waals surface area (Å²) in [4.78, 5) is 9.48. The Hall–Kier alpha value is -0.770. The van der Waals surface area contributed by atoms with Crippen LogP contribution < -0.4 is 11.1 Å². The fourth-order valence-corrected chi connectivity index (χ4v) is 0. The van der Waals surface area contributed by atoms with Gasteiger partial charge in [0.2, 0.25) is 0 Å². The summed E-state index contributed by atoms with van der Waals surface area (Å²) < 4.78 is 0. The summed E-state index contributed by atoms with van der Waals surface area (Å²) >= 11 is 0. The van der Waals surface area contributed by atoms with Crippen molar-refractivity contribution in [2.45, 2.75) is 26.9 Å². The van der Waals surface area contributed by atoms with Gasteiger partial charge in [0.05, 0.1) is 6.10 Å². The SMILES string of the molecule is CC(C)[C@H](C)O.CNC(N)=O. The van der Waals surface area contributed by atoms with Gasteiger partial charge in [-0.1, -0.05) is 13.8 Å². The van der Waals surface area contributed by atoms with Crippen molar-refractivity contribution in [2.24, 2.45) is 11.7 Å². The molecule has 68 valence electrons. The number of nitrogens with one attached hydrogen (secondary N) is 1. The molecule has 0 aliphatic carbocycles. The van der Waals surface area contributed by atoms with Crippen molar-refractivity contribution in [1.82, 2.24) is 5.32 Å². The number of amides is 2. The normalized spacial score (nSPS) is 11.5. The minimum Gasteiger partial charge on any atom is -0.393 e. The van der Waals surface area contributed by atoms with Gasteiger partial charge in [0.25, 0.3) is 0 Å². The van der Waals surface area contributed by atoms with E-state index in [-0.39, 0.29) is 6.10 Å². The van der Waals surface area contributed by atoms with Crippen molar-refractivity contribution < 1.29 is 9.90 Å². The summed E-state index contributed by atoms with van der Waals surface area (Å²) in [6.07, 6.45) is -0.148. The van der Waals surface area contributed by atoms with E-state index in [2.05, 4.69) is 11.1 Å². The Bertz CT molecular complexity index is 96.6. The average molecular weight is 162 g/mol. The molecule has 0 heterocycles. The van der Waals surface area contributed by atoms with Gasteiger partial charge in [-0.15, -0.1) is 0 Å². The Morgan fingerprint density at radius 3 is 1.64 bits per heavy atom. The van der Waals surface area contributed by atoms with Crippen molar-refractivity contribution in [3.63, 3.8) is 0 Å². The zero-order chi connectivity index (χ0) is 9.44. The number of carbonyl (C=O) groups excluding carboxylic acids is 1. The lowest BCUT2D eigenvalue weighted by atomic mass is 10.1. The highest BCUT2D eigenvalue weighted by Gasteiger charge is 1.97. The number of primary amides is 1. The second-order valence-corrected chi connectivity index (χ2v) is 2.60. The predicted octanol–water partition coefficient (Wildman–Crippen LogP) is 0.308. The zero-order valence-corrected chi connectivity index (χ0v) is 7.59. The van der Waals surface area contributed by atoms with E-state index in [0.29, 0.717) is 5.92 Å². The molecule has 2 amide bonds. The van der Waals surface area contributed by atoms with E-state index in [1.165, 1.54) is 7.05 Å². The average Bonchev–Trinajstić information content (AvgIpc) is 1.89. The van der Waals surface area contributed by atoms with Crippen LogP contribution in [0.15, 0.2) is 0 Å². The van der Waals surface area contributed by atoms with Gasteiger partial charge in [-0.2, -0.15) is 0 Å². The molecular formula is C7H18N2O2. The molecule has 4 heteroatoms. The summed E-state index contributed by atoms with van der Waals surface area (Å²) in [5.74, 6) is 0.407. The first-order chi connectivity index (χ1) is 4.91. The van der Waals surface area contributed by atoms with Crippen LogP contribution in [0.3, 0.4) is 0 Å². The molecule has 0 aliphatic heterocycles. The second kappa shape index (κ2) is 7.34. The third-order valence-electron chi connectivity index (χ3n) is 1.21. The van der Waals surface area contributed by atoms with E-state index >= 15 is 0 Å². The van der Waals surface area contributed by atoms with Crippen molar-refractivity contribution in [3.8, 4) is 0 Å². The monoisotopic (exact) mass is 162 g/mol. The minimum absolute atomic E-state index is 0.148. The number of aliphatic hydroxyl groups excluding tert-OH is 1. The molecule has 0 unspecified atom stereocenters. The molecule has 0 radical (unpaired) electrons. The van der Waals surface area contributed by atoms with Crippen LogP contribution in [0.1, 0.15) is 20.8 Å². The lowest BCUT2D eigenvalue weighted by molar-refractivity contribution is 0.144. The highest BCUT2D eigenvalue weighted by atomic mass is 16.3. The maximum atomic E-state index is 9.48. The van der Waals surface area contributed by atoms with Crippen molar-refractivity contribution >= 4 is 6.03 Å². The fraction of sp³-hybridized carbons (Fsp3) is 0.857. The molecule has 0 rings (SSSR count). The molecular weight excluding hydrogens is 144 g/mol. The van der Waals surface area contributed by atoms with Gasteiger partial charge in [0, 0.05) is 7.05 Å². The molecule has 0 saturated heterocycles. The summed E-state index contributed by atoms with van der Waals surface area (Å²) in [6.45, 7) is 5.78. The Labute approximate surface area is 67.8 Å². The second-order valence-electron chi connectivity index (χ2n) is 2.60. The number of hydrogen-bond donors (Lipinski definition) is 3. The summed E-state index contributed by atoms with van der Waals surface area (Å²) in [7, 11) is 1.47. The van der Waals surface area contributed by atoms with Gasteiger partial charge in [-0.25, -0.2) is 4.79 Å². The van der Waals surface area contributed by atoms with Crippen molar-refractivity contribution in [3.05, 3.63) is 0 Å².